The lowest BCUT2D eigenvalue weighted by atomic mass is 9.99. The molecule has 0 radical (unpaired) electrons. The van der Waals surface area contributed by atoms with E-state index in [-0.39, 0.29) is 6.61 Å². The van der Waals surface area contributed by atoms with Gasteiger partial charge in [0.05, 0.1) is 13.3 Å². The van der Waals surface area contributed by atoms with Crippen LogP contribution in [0, 0.1) is 0 Å². The first-order valence-corrected chi connectivity index (χ1v) is 10.7. The summed E-state index contributed by atoms with van der Waals surface area (Å²) in [5.74, 6) is 2.63. The van der Waals surface area contributed by atoms with Crippen molar-refractivity contribution in [3.63, 3.8) is 0 Å². The third kappa shape index (κ3) is 4.05. The lowest BCUT2D eigenvalue weighted by Crippen LogP contribution is -2.40. The lowest BCUT2D eigenvalue weighted by Gasteiger charge is -2.36. The van der Waals surface area contributed by atoms with Crippen LogP contribution in [0.25, 0.3) is 5.65 Å². The standard InChI is InChI=1S/C22H30N6O2/c1-3-16-15-25-28-20(24-14-17-13-23-9-7-19(17)30-2)12-21(26-22(16)28)27-10-5-4-6-18(27)8-11-29/h7,9,12-13,15,18,24,29H,3-6,8,10-11,14H2,1-2H3/t18-/m0/s1. The Labute approximate surface area is 176 Å². The Morgan fingerprint density at radius 1 is 1.27 bits per heavy atom. The minimum atomic E-state index is 0.197. The van der Waals surface area contributed by atoms with Gasteiger partial charge in [0.1, 0.15) is 17.4 Å². The van der Waals surface area contributed by atoms with E-state index in [1.54, 1.807) is 13.3 Å². The molecule has 1 saturated heterocycles. The molecule has 0 amide bonds. The number of aliphatic hydroxyl groups excluding tert-OH is 1. The maximum atomic E-state index is 9.53. The Bertz CT molecular complexity index is 987. The van der Waals surface area contributed by atoms with Gasteiger partial charge in [0.2, 0.25) is 0 Å². The van der Waals surface area contributed by atoms with Crippen molar-refractivity contribution in [3.05, 3.63) is 41.9 Å². The average molecular weight is 411 g/mol. The first-order valence-electron chi connectivity index (χ1n) is 10.7. The zero-order valence-electron chi connectivity index (χ0n) is 17.7. The first kappa shape index (κ1) is 20.4. The van der Waals surface area contributed by atoms with Crippen LogP contribution in [0.2, 0.25) is 0 Å². The normalized spacial score (nSPS) is 16.8. The van der Waals surface area contributed by atoms with Crippen LogP contribution in [-0.2, 0) is 13.0 Å². The number of pyridine rings is 1. The summed E-state index contributed by atoms with van der Waals surface area (Å²) in [4.78, 5) is 11.5. The van der Waals surface area contributed by atoms with E-state index in [9.17, 15) is 5.11 Å². The molecule has 160 valence electrons. The molecule has 0 saturated carbocycles. The van der Waals surface area contributed by atoms with E-state index in [1.165, 1.54) is 6.42 Å². The Balaban J connectivity index is 1.70. The monoisotopic (exact) mass is 410 g/mol. The third-order valence-corrected chi connectivity index (χ3v) is 5.83. The second-order valence-corrected chi connectivity index (χ2v) is 7.65. The number of fused-ring (bicyclic) bond motifs is 1. The number of aryl methyl sites for hydroxylation is 1. The number of aliphatic hydroxyl groups is 1. The summed E-state index contributed by atoms with van der Waals surface area (Å²) in [6, 6.07) is 4.25. The van der Waals surface area contributed by atoms with Gasteiger partial charge in [0.25, 0.3) is 0 Å². The number of piperidine rings is 1. The fourth-order valence-electron chi connectivity index (χ4n) is 4.20. The van der Waals surface area contributed by atoms with Gasteiger partial charge in [-0.15, -0.1) is 0 Å². The smallest absolute Gasteiger partial charge is 0.162 e. The molecule has 4 heterocycles. The average Bonchev–Trinajstić information content (AvgIpc) is 3.21. The molecule has 2 N–H and O–H groups in total. The van der Waals surface area contributed by atoms with Gasteiger partial charge in [-0.25, -0.2) is 4.98 Å². The van der Waals surface area contributed by atoms with Crippen molar-refractivity contribution in [1.29, 1.82) is 0 Å². The number of aromatic nitrogens is 4. The summed E-state index contributed by atoms with van der Waals surface area (Å²) in [5, 5.41) is 17.6. The summed E-state index contributed by atoms with van der Waals surface area (Å²) < 4.78 is 7.33. The maximum absolute atomic E-state index is 9.53. The number of methoxy groups -OCH3 is 1. The summed E-state index contributed by atoms with van der Waals surface area (Å²) in [5.41, 5.74) is 2.98. The van der Waals surface area contributed by atoms with Gasteiger partial charge in [0.15, 0.2) is 5.65 Å². The van der Waals surface area contributed by atoms with Crippen LogP contribution in [0.15, 0.2) is 30.7 Å². The van der Waals surface area contributed by atoms with Gasteiger partial charge >= 0.3 is 0 Å². The highest BCUT2D eigenvalue weighted by atomic mass is 16.5. The maximum Gasteiger partial charge on any atom is 0.162 e. The number of rotatable bonds is 8. The first-order chi connectivity index (χ1) is 14.7. The zero-order valence-corrected chi connectivity index (χ0v) is 17.7. The quantitative estimate of drug-likeness (QED) is 0.590. The molecule has 1 fully saturated rings. The van der Waals surface area contributed by atoms with Crippen molar-refractivity contribution in [2.75, 3.05) is 30.5 Å². The van der Waals surface area contributed by atoms with Crippen LogP contribution in [0.1, 0.15) is 43.7 Å². The predicted octanol–water partition coefficient (Wildman–Crippen LogP) is 3.05. The summed E-state index contributed by atoms with van der Waals surface area (Å²) >= 11 is 0. The number of nitrogens with zero attached hydrogens (tertiary/aromatic N) is 5. The van der Waals surface area contributed by atoms with Crippen molar-refractivity contribution in [2.45, 2.75) is 51.6 Å². The highest BCUT2D eigenvalue weighted by molar-refractivity contribution is 5.61. The molecule has 0 aliphatic carbocycles. The Hall–Kier alpha value is -2.87. The molecule has 8 heteroatoms. The van der Waals surface area contributed by atoms with Crippen molar-refractivity contribution < 1.29 is 9.84 Å². The molecule has 3 aromatic heterocycles. The molecular weight excluding hydrogens is 380 g/mol. The number of hydrogen-bond donors (Lipinski definition) is 2. The van der Waals surface area contributed by atoms with Crippen LogP contribution >= 0.6 is 0 Å². The van der Waals surface area contributed by atoms with E-state index in [4.69, 9.17) is 9.72 Å². The highest BCUT2D eigenvalue weighted by Gasteiger charge is 2.25. The highest BCUT2D eigenvalue weighted by Crippen LogP contribution is 2.29. The van der Waals surface area contributed by atoms with Gasteiger partial charge in [-0.05, 0) is 38.2 Å². The molecular formula is C22H30N6O2. The number of nitrogens with one attached hydrogen (secondary N) is 1. The molecule has 1 aliphatic rings. The van der Waals surface area contributed by atoms with E-state index in [1.807, 2.05) is 23.0 Å². The second-order valence-electron chi connectivity index (χ2n) is 7.65. The number of ether oxygens (including phenoxy) is 1. The van der Waals surface area contributed by atoms with Crippen molar-refractivity contribution >= 4 is 17.3 Å². The largest absolute Gasteiger partial charge is 0.496 e. The molecule has 1 aliphatic heterocycles. The van der Waals surface area contributed by atoms with Crippen LogP contribution in [0.3, 0.4) is 0 Å². The molecule has 0 unspecified atom stereocenters. The van der Waals surface area contributed by atoms with Crippen molar-refractivity contribution in [3.8, 4) is 5.75 Å². The molecule has 8 nitrogen and oxygen atoms in total. The van der Waals surface area contributed by atoms with E-state index in [0.717, 1.165) is 66.4 Å². The Kier molecular flexibility index (Phi) is 6.32. The summed E-state index contributed by atoms with van der Waals surface area (Å²) in [7, 11) is 1.67. The molecule has 0 spiro atoms. The SMILES string of the molecule is CCc1cnn2c(NCc3cnccc3OC)cc(N3CCCC[C@H]3CCO)nc12. The van der Waals surface area contributed by atoms with Crippen LogP contribution in [-0.4, -0.2) is 51.0 Å². The van der Waals surface area contributed by atoms with E-state index in [2.05, 4.69) is 33.3 Å². The van der Waals surface area contributed by atoms with E-state index in [0.29, 0.717) is 12.6 Å². The summed E-state index contributed by atoms with van der Waals surface area (Å²) in [6.45, 7) is 3.84. The molecule has 30 heavy (non-hydrogen) atoms. The Morgan fingerprint density at radius 3 is 2.97 bits per heavy atom. The minimum absolute atomic E-state index is 0.197. The van der Waals surface area contributed by atoms with E-state index < -0.39 is 0 Å². The van der Waals surface area contributed by atoms with Gasteiger partial charge in [-0.3, -0.25) is 4.98 Å². The summed E-state index contributed by atoms with van der Waals surface area (Å²) in [6.07, 6.45) is 10.5. The zero-order chi connectivity index (χ0) is 20.9. The van der Waals surface area contributed by atoms with Crippen molar-refractivity contribution in [1.82, 2.24) is 19.6 Å². The van der Waals surface area contributed by atoms with E-state index >= 15 is 0 Å². The van der Waals surface area contributed by atoms with Gasteiger partial charge < -0.3 is 20.1 Å². The van der Waals surface area contributed by atoms with Crippen molar-refractivity contribution in [2.24, 2.45) is 0 Å². The van der Waals surface area contributed by atoms with Crippen LogP contribution in [0.5, 0.6) is 5.75 Å². The van der Waals surface area contributed by atoms with Gasteiger partial charge in [0, 0.05) is 55.3 Å². The topological polar surface area (TPSA) is 87.8 Å². The number of anilines is 2. The third-order valence-electron chi connectivity index (χ3n) is 5.83. The molecule has 1 atom stereocenters. The van der Waals surface area contributed by atoms with Gasteiger partial charge in [-0.1, -0.05) is 6.92 Å². The minimum Gasteiger partial charge on any atom is -0.496 e. The lowest BCUT2D eigenvalue weighted by molar-refractivity contribution is 0.262. The van der Waals surface area contributed by atoms with Crippen LogP contribution in [0.4, 0.5) is 11.6 Å². The number of hydrogen-bond acceptors (Lipinski definition) is 7. The Morgan fingerprint density at radius 2 is 2.17 bits per heavy atom. The predicted molar refractivity (Wildman–Crippen MR) is 117 cm³/mol. The fourth-order valence-corrected chi connectivity index (χ4v) is 4.20. The fraction of sp³-hybridized carbons (Fsp3) is 0.500. The second kappa shape index (κ2) is 9.30. The molecule has 0 bridgehead atoms. The molecule has 3 aromatic rings. The molecule has 4 rings (SSSR count). The van der Waals surface area contributed by atoms with Gasteiger partial charge in [-0.2, -0.15) is 9.61 Å². The van der Waals surface area contributed by atoms with Crippen LogP contribution < -0.4 is 15.0 Å². The molecule has 0 aromatic carbocycles.